The number of hydrazone groups is 1. The average molecular weight is 556 g/mol. The predicted molar refractivity (Wildman–Crippen MR) is 151 cm³/mol. The molecule has 40 heavy (non-hydrogen) atoms. The van der Waals surface area contributed by atoms with Crippen molar-refractivity contribution in [1.29, 1.82) is 0 Å². The molecule has 1 heterocycles. The Morgan fingerprint density at radius 1 is 1.30 bits per heavy atom. The van der Waals surface area contributed by atoms with Gasteiger partial charge in [0.15, 0.2) is 6.61 Å². The lowest BCUT2D eigenvalue weighted by molar-refractivity contribution is -0.220. The number of alkyl halides is 1. The summed E-state index contributed by atoms with van der Waals surface area (Å²) in [6.45, 7) is 11.6. The SMILES string of the molecule is C=C[C@]1(C)C[C@@H](OC(=O)COc2ccc3c(c2)B(O)N(C)N=C3)[C@]2(C)[C@H](C)CC[C@]3(C[C@H](F)C(O)[C@H]32)[C@@H](C)[C@@H]1O. The van der Waals surface area contributed by atoms with Gasteiger partial charge >= 0.3 is 13.0 Å². The van der Waals surface area contributed by atoms with Crippen molar-refractivity contribution in [3.05, 3.63) is 36.4 Å². The summed E-state index contributed by atoms with van der Waals surface area (Å²) in [5.41, 5.74) is -0.763. The van der Waals surface area contributed by atoms with Crippen LogP contribution in [0.25, 0.3) is 0 Å². The van der Waals surface area contributed by atoms with E-state index in [-0.39, 0.29) is 24.9 Å². The minimum absolute atomic E-state index is 0.0431. The normalized spacial score (nSPS) is 42.4. The average Bonchev–Trinajstić information content (AvgIpc) is 3.21. The quantitative estimate of drug-likeness (QED) is 0.291. The van der Waals surface area contributed by atoms with Crippen molar-refractivity contribution < 1.29 is 33.9 Å². The van der Waals surface area contributed by atoms with Gasteiger partial charge in [-0.2, -0.15) is 5.10 Å². The van der Waals surface area contributed by atoms with E-state index in [1.807, 2.05) is 20.8 Å². The van der Waals surface area contributed by atoms with E-state index in [9.17, 15) is 20.0 Å². The number of hydrogen-bond donors (Lipinski definition) is 3. The standard InChI is InChI=1S/C30H42BFN2O6/c1-7-28(4)14-23(40-24(35)16-39-20-9-8-19-15-33-34(6)31(38)21(19)12-20)29(5)17(2)10-11-30(18(3)27(28)37)13-22(32)25(36)26(29)30/h7-9,12,15,17-18,22-23,25-27,36-38H,1,10-11,13-14,16H2,2-6H3/t17-,18+,22+,23-,25?,26+,27+,28-,29+,30+/m1/s1. The van der Waals surface area contributed by atoms with Crippen LogP contribution >= 0.6 is 0 Å². The summed E-state index contributed by atoms with van der Waals surface area (Å²) in [7, 11) is 0.730. The highest BCUT2D eigenvalue weighted by molar-refractivity contribution is 6.65. The molecule has 10 heteroatoms. The second-order valence-electron chi connectivity index (χ2n) is 13.1. The Hall–Kier alpha value is -2.43. The maximum absolute atomic E-state index is 15.4. The number of esters is 1. The molecule has 5 rings (SSSR count). The Morgan fingerprint density at radius 2 is 2.02 bits per heavy atom. The number of benzene rings is 1. The fourth-order valence-electron chi connectivity index (χ4n) is 8.46. The molecule has 0 aromatic heterocycles. The van der Waals surface area contributed by atoms with Crippen molar-refractivity contribution in [3.8, 4) is 5.75 Å². The molecule has 1 aromatic rings. The molecule has 4 aliphatic rings. The second kappa shape index (κ2) is 10.1. The van der Waals surface area contributed by atoms with Gasteiger partial charge in [0.25, 0.3) is 0 Å². The number of carbonyl (C=O) groups excluding carboxylic acids is 1. The van der Waals surface area contributed by atoms with Crippen LogP contribution in [0, 0.1) is 34.0 Å². The number of ether oxygens (including phenoxy) is 2. The molecular formula is C30H42BFN2O6. The van der Waals surface area contributed by atoms with Gasteiger partial charge in [0.1, 0.15) is 18.0 Å². The molecule has 0 saturated heterocycles. The lowest BCUT2D eigenvalue weighted by Gasteiger charge is -2.62. The molecule has 1 aliphatic heterocycles. The molecule has 0 radical (unpaired) electrons. The van der Waals surface area contributed by atoms with E-state index in [4.69, 9.17) is 9.47 Å². The van der Waals surface area contributed by atoms with Gasteiger partial charge in [-0.1, -0.05) is 39.8 Å². The largest absolute Gasteiger partial charge is 0.482 e. The maximum atomic E-state index is 15.4. The maximum Gasteiger partial charge on any atom is 0.466 e. The monoisotopic (exact) mass is 556 g/mol. The van der Waals surface area contributed by atoms with Gasteiger partial charge in [0.2, 0.25) is 0 Å². The van der Waals surface area contributed by atoms with Gasteiger partial charge < -0.3 is 29.6 Å². The molecule has 10 atom stereocenters. The minimum atomic E-state index is -1.40. The Balaban J connectivity index is 1.43. The van der Waals surface area contributed by atoms with Crippen LogP contribution in [0.1, 0.15) is 58.9 Å². The zero-order chi connectivity index (χ0) is 29.2. The number of hydrogen-bond acceptors (Lipinski definition) is 8. The van der Waals surface area contributed by atoms with E-state index in [2.05, 4.69) is 18.6 Å². The fourth-order valence-corrected chi connectivity index (χ4v) is 8.46. The highest BCUT2D eigenvalue weighted by atomic mass is 19.1. The summed E-state index contributed by atoms with van der Waals surface area (Å²) in [6.07, 6.45) is 1.18. The third kappa shape index (κ3) is 4.29. The van der Waals surface area contributed by atoms with Crippen LogP contribution in [-0.2, 0) is 9.53 Å². The fraction of sp³-hybridized carbons (Fsp3) is 0.667. The zero-order valence-corrected chi connectivity index (χ0v) is 24.1. The van der Waals surface area contributed by atoms with Crippen molar-refractivity contribution in [1.82, 2.24) is 4.92 Å². The first-order chi connectivity index (χ1) is 18.8. The predicted octanol–water partition coefficient (Wildman–Crippen LogP) is 2.68. The van der Waals surface area contributed by atoms with E-state index >= 15 is 4.39 Å². The first-order valence-corrected chi connectivity index (χ1v) is 14.3. The van der Waals surface area contributed by atoms with E-state index in [0.717, 1.165) is 12.0 Å². The van der Waals surface area contributed by atoms with Crippen LogP contribution in [0.2, 0.25) is 0 Å². The summed E-state index contributed by atoms with van der Waals surface area (Å²) in [5.74, 6) is -0.894. The Labute approximate surface area is 236 Å². The smallest absolute Gasteiger partial charge is 0.466 e. The van der Waals surface area contributed by atoms with Gasteiger partial charge in [-0.15, -0.1) is 6.58 Å². The molecule has 2 bridgehead atoms. The van der Waals surface area contributed by atoms with Gasteiger partial charge in [0.05, 0.1) is 18.4 Å². The Morgan fingerprint density at radius 3 is 2.73 bits per heavy atom. The minimum Gasteiger partial charge on any atom is -0.482 e. The lowest BCUT2D eigenvalue weighted by Crippen LogP contribution is -2.63. The van der Waals surface area contributed by atoms with Crippen LogP contribution in [0.15, 0.2) is 36.0 Å². The van der Waals surface area contributed by atoms with Crippen molar-refractivity contribution in [3.63, 3.8) is 0 Å². The molecule has 3 saturated carbocycles. The third-order valence-corrected chi connectivity index (χ3v) is 11.2. The Bertz CT molecular complexity index is 1200. The van der Waals surface area contributed by atoms with Crippen molar-refractivity contribution in [2.24, 2.45) is 39.1 Å². The van der Waals surface area contributed by atoms with E-state index < -0.39 is 59.7 Å². The van der Waals surface area contributed by atoms with Gasteiger partial charge in [-0.05, 0) is 66.1 Å². The van der Waals surface area contributed by atoms with Gasteiger partial charge in [-0.25, -0.2) is 9.18 Å². The van der Waals surface area contributed by atoms with Crippen LogP contribution < -0.4 is 10.2 Å². The first-order valence-electron chi connectivity index (χ1n) is 14.3. The van der Waals surface area contributed by atoms with Crippen LogP contribution in [-0.4, -0.2) is 77.5 Å². The number of nitrogens with zero attached hydrogens (tertiary/aromatic N) is 2. The second-order valence-corrected chi connectivity index (χ2v) is 13.1. The molecule has 3 fully saturated rings. The molecule has 8 nitrogen and oxygen atoms in total. The third-order valence-electron chi connectivity index (χ3n) is 11.2. The van der Waals surface area contributed by atoms with Crippen molar-refractivity contribution in [2.45, 2.75) is 77.9 Å². The van der Waals surface area contributed by atoms with Crippen LogP contribution in [0.5, 0.6) is 5.75 Å². The molecule has 3 aliphatic carbocycles. The highest BCUT2D eigenvalue weighted by Gasteiger charge is 2.70. The summed E-state index contributed by atoms with van der Waals surface area (Å²) in [4.78, 5) is 14.8. The summed E-state index contributed by atoms with van der Waals surface area (Å²) >= 11 is 0. The lowest BCUT2D eigenvalue weighted by atomic mass is 9.43. The topological polar surface area (TPSA) is 112 Å². The molecule has 218 valence electrons. The molecule has 1 aromatic carbocycles. The van der Waals surface area contributed by atoms with Crippen LogP contribution in [0.4, 0.5) is 4.39 Å². The molecule has 0 spiro atoms. The molecule has 1 unspecified atom stereocenters. The van der Waals surface area contributed by atoms with Crippen LogP contribution in [0.3, 0.4) is 0 Å². The Kier molecular flexibility index (Phi) is 7.37. The number of halogens is 1. The number of aliphatic hydroxyl groups is 2. The number of rotatable bonds is 5. The number of fused-ring (bicyclic) bond motifs is 1. The summed E-state index contributed by atoms with van der Waals surface area (Å²) in [5, 5.41) is 37.5. The number of aliphatic hydroxyl groups excluding tert-OH is 2. The first kappa shape index (κ1) is 29.1. The zero-order valence-electron chi connectivity index (χ0n) is 24.1. The molecular weight excluding hydrogens is 514 g/mol. The molecule has 3 N–H and O–H groups in total. The summed E-state index contributed by atoms with van der Waals surface area (Å²) in [6, 6.07) is 5.14. The number of carbonyl (C=O) groups is 1. The van der Waals surface area contributed by atoms with Crippen molar-refractivity contribution in [2.75, 3.05) is 13.7 Å². The molecule has 0 amide bonds. The highest BCUT2D eigenvalue weighted by Crippen LogP contribution is 2.69. The van der Waals surface area contributed by atoms with E-state index in [1.54, 1.807) is 37.5 Å². The summed E-state index contributed by atoms with van der Waals surface area (Å²) < 4.78 is 27.3. The van der Waals surface area contributed by atoms with Crippen molar-refractivity contribution >= 4 is 24.7 Å². The van der Waals surface area contributed by atoms with E-state index in [0.29, 0.717) is 24.1 Å². The van der Waals surface area contributed by atoms with Gasteiger partial charge in [0, 0.05) is 23.8 Å². The van der Waals surface area contributed by atoms with Gasteiger partial charge in [-0.3, -0.25) is 0 Å². The van der Waals surface area contributed by atoms with E-state index in [1.165, 1.54) is 4.92 Å².